The van der Waals surface area contributed by atoms with Crippen molar-refractivity contribution in [3.05, 3.63) is 15.9 Å². The zero-order valence-electron chi connectivity index (χ0n) is 12.2. The summed E-state index contributed by atoms with van der Waals surface area (Å²) in [5, 5.41) is 7.33. The van der Waals surface area contributed by atoms with Crippen molar-refractivity contribution in [2.75, 3.05) is 6.54 Å². The van der Waals surface area contributed by atoms with E-state index in [4.69, 9.17) is 0 Å². The maximum absolute atomic E-state index is 12.4. The molecule has 1 fully saturated rings. The van der Waals surface area contributed by atoms with E-state index in [1.165, 1.54) is 4.90 Å². The monoisotopic (exact) mass is 342 g/mol. The van der Waals surface area contributed by atoms with Gasteiger partial charge in [-0.05, 0) is 36.2 Å². The maximum atomic E-state index is 12.4. The third-order valence-electron chi connectivity index (χ3n) is 3.57. The number of halogens is 1. The summed E-state index contributed by atoms with van der Waals surface area (Å²) in [5.41, 5.74) is 1.05. The van der Waals surface area contributed by atoms with Gasteiger partial charge in [0, 0.05) is 7.05 Å². The first-order chi connectivity index (χ1) is 9.27. The molecule has 0 radical (unpaired) electrons. The summed E-state index contributed by atoms with van der Waals surface area (Å²) in [7, 11) is 1.82. The molecule has 2 heterocycles. The van der Waals surface area contributed by atoms with E-state index in [1.54, 1.807) is 18.5 Å². The van der Waals surface area contributed by atoms with Crippen LogP contribution in [-0.2, 0) is 29.6 Å². The molecule has 0 bridgehead atoms. The summed E-state index contributed by atoms with van der Waals surface area (Å²) in [4.78, 5) is 25.7. The summed E-state index contributed by atoms with van der Waals surface area (Å²) in [5.74, 6) is -0.416. The van der Waals surface area contributed by atoms with Crippen molar-refractivity contribution in [3.8, 4) is 0 Å². The van der Waals surface area contributed by atoms with Crippen LogP contribution < -0.4 is 5.32 Å². The van der Waals surface area contributed by atoms with E-state index in [1.807, 2.05) is 14.0 Å². The average molecular weight is 343 g/mol. The molecule has 0 spiro atoms. The Morgan fingerprint density at radius 2 is 2.05 bits per heavy atom. The fourth-order valence-corrected chi connectivity index (χ4v) is 2.96. The molecule has 2 rings (SSSR count). The lowest BCUT2D eigenvalue weighted by molar-refractivity contribution is -0.153. The third kappa shape index (κ3) is 2.52. The van der Waals surface area contributed by atoms with Crippen molar-refractivity contribution < 1.29 is 9.59 Å². The Balaban J connectivity index is 2.31. The highest BCUT2D eigenvalue weighted by atomic mass is 79.9. The van der Waals surface area contributed by atoms with Gasteiger partial charge < -0.3 is 0 Å². The molecule has 1 aromatic heterocycles. The number of hydrogen-bond acceptors (Lipinski definition) is 4. The number of piperazine rings is 1. The molecule has 1 saturated heterocycles. The lowest BCUT2D eigenvalue weighted by Crippen LogP contribution is -2.63. The Labute approximate surface area is 126 Å². The summed E-state index contributed by atoms with van der Waals surface area (Å²) in [6, 6.07) is 0. The molecule has 6 nitrogen and oxygen atoms in total. The van der Waals surface area contributed by atoms with Crippen LogP contribution in [0.15, 0.2) is 4.47 Å². The summed E-state index contributed by atoms with van der Waals surface area (Å²) in [6.45, 7) is 6.00. The molecule has 1 aromatic rings. The Bertz CT molecular complexity index is 565. The molecule has 0 aliphatic carbocycles. The van der Waals surface area contributed by atoms with E-state index >= 15 is 0 Å². The predicted octanol–water partition coefficient (Wildman–Crippen LogP) is 0.982. The van der Waals surface area contributed by atoms with Gasteiger partial charge in [-0.1, -0.05) is 6.92 Å². The van der Waals surface area contributed by atoms with Gasteiger partial charge in [0.1, 0.15) is 0 Å². The van der Waals surface area contributed by atoms with E-state index < -0.39 is 5.54 Å². The second-order valence-electron chi connectivity index (χ2n) is 5.45. The van der Waals surface area contributed by atoms with Crippen LogP contribution in [0.1, 0.15) is 32.2 Å². The normalized spacial score (nSPS) is 18.8. The zero-order chi connectivity index (χ0) is 15.1. The largest absolute Gasteiger partial charge is 0.295 e. The van der Waals surface area contributed by atoms with E-state index in [2.05, 4.69) is 26.3 Å². The van der Waals surface area contributed by atoms with Crippen LogP contribution in [0.3, 0.4) is 0 Å². The fourth-order valence-electron chi connectivity index (χ4n) is 2.22. The predicted molar refractivity (Wildman–Crippen MR) is 77.9 cm³/mol. The number of aryl methyl sites for hydroxylation is 2. The Morgan fingerprint density at radius 1 is 1.40 bits per heavy atom. The first kappa shape index (κ1) is 15.2. The highest BCUT2D eigenvalue weighted by Crippen LogP contribution is 2.24. The van der Waals surface area contributed by atoms with Crippen LogP contribution in [0.2, 0.25) is 0 Å². The minimum atomic E-state index is -0.716. The minimum Gasteiger partial charge on any atom is -0.295 e. The number of imide groups is 1. The fraction of sp³-hybridized carbons (Fsp3) is 0.615. The van der Waals surface area contributed by atoms with Crippen molar-refractivity contribution in [3.63, 3.8) is 0 Å². The molecule has 2 amide bonds. The van der Waals surface area contributed by atoms with Gasteiger partial charge in [0.15, 0.2) is 0 Å². The molecule has 1 aliphatic rings. The first-order valence-corrected chi connectivity index (χ1v) is 7.37. The number of rotatable bonds is 3. The van der Waals surface area contributed by atoms with E-state index in [9.17, 15) is 9.59 Å². The van der Waals surface area contributed by atoms with Gasteiger partial charge in [-0.3, -0.25) is 24.5 Å². The second kappa shape index (κ2) is 5.29. The van der Waals surface area contributed by atoms with Crippen LogP contribution >= 0.6 is 15.9 Å². The van der Waals surface area contributed by atoms with Gasteiger partial charge in [0.05, 0.1) is 34.5 Å². The molecule has 0 atom stereocenters. The summed E-state index contributed by atoms with van der Waals surface area (Å²) in [6.07, 6.45) is 0.795. The highest BCUT2D eigenvalue weighted by Gasteiger charge is 2.40. The average Bonchev–Trinajstić information content (AvgIpc) is 2.66. The van der Waals surface area contributed by atoms with Crippen molar-refractivity contribution in [1.29, 1.82) is 0 Å². The molecule has 1 N–H and O–H groups in total. The van der Waals surface area contributed by atoms with E-state index in [0.717, 1.165) is 22.3 Å². The van der Waals surface area contributed by atoms with Crippen LogP contribution in [0.5, 0.6) is 0 Å². The minimum absolute atomic E-state index is 0.175. The Kier molecular flexibility index (Phi) is 4.02. The van der Waals surface area contributed by atoms with Crippen molar-refractivity contribution in [1.82, 2.24) is 20.0 Å². The molecule has 0 unspecified atom stereocenters. The summed E-state index contributed by atoms with van der Waals surface area (Å²) < 4.78 is 2.60. The molecular weight excluding hydrogens is 324 g/mol. The van der Waals surface area contributed by atoms with Gasteiger partial charge in [0.25, 0.3) is 0 Å². The SMILES string of the molecule is CCc1nn(C)c(CN2C(=O)CNC(C)(C)C2=O)c1Br. The molecular formula is C13H19BrN4O2. The molecule has 0 aromatic carbocycles. The molecule has 1 aliphatic heterocycles. The number of nitrogens with one attached hydrogen (secondary N) is 1. The van der Waals surface area contributed by atoms with Crippen LogP contribution in [0.4, 0.5) is 0 Å². The second-order valence-corrected chi connectivity index (χ2v) is 6.24. The molecule has 20 heavy (non-hydrogen) atoms. The van der Waals surface area contributed by atoms with Gasteiger partial charge in [0.2, 0.25) is 11.8 Å². The van der Waals surface area contributed by atoms with Gasteiger partial charge in [-0.2, -0.15) is 5.10 Å². The topological polar surface area (TPSA) is 67.2 Å². The van der Waals surface area contributed by atoms with Gasteiger partial charge >= 0.3 is 0 Å². The number of carbonyl (C=O) groups is 2. The zero-order valence-corrected chi connectivity index (χ0v) is 13.7. The lowest BCUT2D eigenvalue weighted by Gasteiger charge is -2.36. The standard InChI is InChI=1S/C13H19BrN4O2/c1-5-8-11(14)9(17(4)16-8)7-18-10(19)6-15-13(2,3)12(18)20/h15H,5-7H2,1-4H3. The van der Waals surface area contributed by atoms with Crippen LogP contribution in [0, 0.1) is 0 Å². The lowest BCUT2D eigenvalue weighted by atomic mass is 10.0. The quantitative estimate of drug-likeness (QED) is 0.831. The summed E-state index contributed by atoms with van der Waals surface area (Å²) >= 11 is 3.51. The Hall–Kier alpha value is -1.21. The number of hydrogen-bond donors (Lipinski definition) is 1. The van der Waals surface area contributed by atoms with Gasteiger partial charge in [-0.15, -0.1) is 0 Å². The van der Waals surface area contributed by atoms with Crippen molar-refractivity contribution in [2.24, 2.45) is 7.05 Å². The Morgan fingerprint density at radius 3 is 2.60 bits per heavy atom. The number of nitrogens with zero attached hydrogens (tertiary/aromatic N) is 3. The smallest absolute Gasteiger partial charge is 0.249 e. The van der Waals surface area contributed by atoms with Gasteiger partial charge in [-0.25, -0.2) is 0 Å². The number of aromatic nitrogens is 2. The van der Waals surface area contributed by atoms with Crippen molar-refractivity contribution in [2.45, 2.75) is 39.3 Å². The first-order valence-electron chi connectivity index (χ1n) is 6.58. The van der Waals surface area contributed by atoms with Crippen molar-refractivity contribution >= 4 is 27.7 Å². The van der Waals surface area contributed by atoms with Crippen LogP contribution in [-0.4, -0.2) is 38.6 Å². The number of amides is 2. The number of carbonyl (C=O) groups excluding carboxylic acids is 2. The van der Waals surface area contributed by atoms with E-state index in [0.29, 0.717) is 0 Å². The third-order valence-corrected chi connectivity index (χ3v) is 4.49. The van der Waals surface area contributed by atoms with Crippen LogP contribution in [0.25, 0.3) is 0 Å². The molecule has 110 valence electrons. The van der Waals surface area contributed by atoms with E-state index in [-0.39, 0.29) is 24.9 Å². The highest BCUT2D eigenvalue weighted by molar-refractivity contribution is 9.10. The maximum Gasteiger partial charge on any atom is 0.249 e. The molecule has 7 heteroatoms. The molecule has 0 saturated carbocycles.